The summed E-state index contributed by atoms with van der Waals surface area (Å²) in [5.74, 6) is 0. The van der Waals surface area contributed by atoms with Crippen molar-refractivity contribution >= 4 is 8.56 Å². The second kappa shape index (κ2) is 12.1. The Morgan fingerprint density at radius 2 is 1.56 bits per heavy atom. The Balaban J connectivity index is 3.49. The smallest absolute Gasteiger partial charge is 0.334 e. The number of hydrogen-bond acceptors (Lipinski definition) is 4. The second-order valence-corrected chi connectivity index (χ2v) is 8.05. The number of hydrogen-bond donors (Lipinski definition) is 2. The first-order valence-electron chi connectivity index (χ1n) is 7.37. The summed E-state index contributed by atoms with van der Waals surface area (Å²) >= 11 is 0. The molecule has 0 spiro atoms. The third-order valence-corrected chi connectivity index (χ3v) is 6.00. The molecule has 0 unspecified atom stereocenters. The lowest BCUT2D eigenvalue weighted by Crippen LogP contribution is -2.39. The average molecular weight is 276 g/mol. The standard InChI is InChI=1S/C13H32N2O2Si/c1-4-16-18(3,17-5-2)13-9-12-15-11-8-6-7-10-14/h15H,4-14H2,1-3H3. The number of nitrogens with two attached hydrogens (primary N) is 1. The summed E-state index contributed by atoms with van der Waals surface area (Å²) in [7, 11) is -1.89. The minimum atomic E-state index is -1.89. The van der Waals surface area contributed by atoms with E-state index in [4.69, 9.17) is 14.6 Å². The van der Waals surface area contributed by atoms with E-state index in [0.29, 0.717) is 0 Å². The van der Waals surface area contributed by atoms with E-state index in [1.54, 1.807) is 0 Å². The maximum absolute atomic E-state index is 5.80. The molecule has 0 amide bonds. The van der Waals surface area contributed by atoms with E-state index in [-0.39, 0.29) is 0 Å². The number of rotatable bonds is 13. The predicted octanol–water partition coefficient (Wildman–Crippen LogP) is 2.24. The molecule has 0 fully saturated rings. The van der Waals surface area contributed by atoms with Crippen molar-refractivity contribution in [2.75, 3.05) is 32.8 Å². The van der Waals surface area contributed by atoms with Crippen LogP contribution in [0.4, 0.5) is 0 Å². The van der Waals surface area contributed by atoms with Crippen LogP contribution in [0.5, 0.6) is 0 Å². The molecule has 3 N–H and O–H groups in total. The van der Waals surface area contributed by atoms with Crippen LogP contribution in [0, 0.1) is 0 Å². The highest BCUT2D eigenvalue weighted by Crippen LogP contribution is 2.15. The summed E-state index contributed by atoms with van der Waals surface area (Å²) in [6.07, 6.45) is 4.73. The van der Waals surface area contributed by atoms with E-state index in [9.17, 15) is 0 Å². The Labute approximate surface area is 114 Å². The van der Waals surface area contributed by atoms with Gasteiger partial charge in [-0.05, 0) is 65.3 Å². The van der Waals surface area contributed by atoms with Crippen LogP contribution in [0.15, 0.2) is 0 Å². The summed E-state index contributed by atoms with van der Waals surface area (Å²) in [4.78, 5) is 0. The van der Waals surface area contributed by atoms with Crippen LogP contribution in [0.2, 0.25) is 12.6 Å². The summed E-state index contributed by atoms with van der Waals surface area (Å²) in [6.45, 7) is 10.7. The molecule has 0 aliphatic carbocycles. The van der Waals surface area contributed by atoms with Gasteiger partial charge in [0, 0.05) is 13.2 Å². The lowest BCUT2D eigenvalue weighted by atomic mass is 10.2. The van der Waals surface area contributed by atoms with Crippen molar-refractivity contribution < 1.29 is 8.85 Å². The Morgan fingerprint density at radius 3 is 2.11 bits per heavy atom. The summed E-state index contributed by atoms with van der Waals surface area (Å²) in [6, 6.07) is 1.07. The van der Waals surface area contributed by atoms with Gasteiger partial charge in [-0.3, -0.25) is 0 Å². The fourth-order valence-corrected chi connectivity index (χ4v) is 4.44. The van der Waals surface area contributed by atoms with E-state index >= 15 is 0 Å². The first kappa shape index (κ1) is 18.1. The van der Waals surface area contributed by atoms with Crippen LogP contribution >= 0.6 is 0 Å². The van der Waals surface area contributed by atoms with Gasteiger partial charge in [-0.15, -0.1) is 0 Å². The molecule has 0 aromatic heterocycles. The van der Waals surface area contributed by atoms with Gasteiger partial charge < -0.3 is 19.9 Å². The largest absolute Gasteiger partial charge is 0.395 e. The van der Waals surface area contributed by atoms with E-state index in [1.165, 1.54) is 12.8 Å². The Morgan fingerprint density at radius 1 is 0.944 bits per heavy atom. The molecular formula is C13H32N2O2Si. The van der Waals surface area contributed by atoms with Crippen molar-refractivity contribution in [3.8, 4) is 0 Å². The van der Waals surface area contributed by atoms with Crippen LogP contribution in [-0.2, 0) is 8.85 Å². The van der Waals surface area contributed by atoms with Gasteiger partial charge in [-0.25, -0.2) is 0 Å². The Kier molecular flexibility index (Phi) is 12.1. The molecule has 0 rings (SSSR count). The monoisotopic (exact) mass is 276 g/mol. The zero-order valence-corrected chi connectivity index (χ0v) is 13.5. The zero-order chi connectivity index (χ0) is 13.7. The maximum atomic E-state index is 5.80. The van der Waals surface area contributed by atoms with E-state index < -0.39 is 8.56 Å². The van der Waals surface area contributed by atoms with Crippen LogP contribution in [0.3, 0.4) is 0 Å². The van der Waals surface area contributed by atoms with Gasteiger partial charge in [0.15, 0.2) is 0 Å². The topological polar surface area (TPSA) is 56.5 Å². The third-order valence-electron chi connectivity index (χ3n) is 2.94. The molecule has 18 heavy (non-hydrogen) atoms. The van der Waals surface area contributed by atoms with Crippen LogP contribution in [0.25, 0.3) is 0 Å². The van der Waals surface area contributed by atoms with Crippen molar-refractivity contribution in [2.45, 2.75) is 52.1 Å². The fraction of sp³-hybridized carbons (Fsp3) is 1.00. The van der Waals surface area contributed by atoms with Crippen LogP contribution in [-0.4, -0.2) is 41.4 Å². The number of unbranched alkanes of at least 4 members (excludes halogenated alkanes) is 2. The lowest BCUT2D eigenvalue weighted by molar-refractivity contribution is 0.188. The van der Waals surface area contributed by atoms with Crippen LogP contribution in [0.1, 0.15) is 39.5 Å². The summed E-state index contributed by atoms with van der Waals surface area (Å²) < 4.78 is 11.6. The lowest BCUT2D eigenvalue weighted by Gasteiger charge is -2.25. The van der Waals surface area contributed by atoms with Gasteiger partial charge >= 0.3 is 8.56 Å². The van der Waals surface area contributed by atoms with Gasteiger partial charge in [0.05, 0.1) is 0 Å². The minimum absolute atomic E-state index is 0.759. The Hall–Kier alpha value is 0.0569. The van der Waals surface area contributed by atoms with Gasteiger partial charge in [0.25, 0.3) is 0 Å². The van der Waals surface area contributed by atoms with Crippen molar-refractivity contribution in [1.82, 2.24) is 5.32 Å². The molecule has 5 heteroatoms. The SMILES string of the molecule is CCO[Si](C)(CCCNCCCCCN)OCC. The first-order chi connectivity index (χ1) is 8.68. The Bertz CT molecular complexity index is 176. The molecule has 0 atom stereocenters. The van der Waals surface area contributed by atoms with Crippen molar-refractivity contribution in [2.24, 2.45) is 5.73 Å². The van der Waals surface area contributed by atoms with Crippen molar-refractivity contribution in [3.63, 3.8) is 0 Å². The molecule has 110 valence electrons. The molecule has 0 bridgehead atoms. The van der Waals surface area contributed by atoms with Gasteiger partial charge in [0.1, 0.15) is 0 Å². The van der Waals surface area contributed by atoms with Crippen molar-refractivity contribution in [1.29, 1.82) is 0 Å². The predicted molar refractivity (Wildman–Crippen MR) is 80.1 cm³/mol. The molecule has 0 aliphatic rings. The molecule has 0 saturated carbocycles. The molecule has 0 aromatic rings. The second-order valence-electron chi connectivity index (χ2n) is 4.70. The highest BCUT2D eigenvalue weighted by atomic mass is 28.4. The van der Waals surface area contributed by atoms with Gasteiger partial charge in [-0.2, -0.15) is 0 Å². The van der Waals surface area contributed by atoms with Crippen molar-refractivity contribution in [3.05, 3.63) is 0 Å². The molecule has 4 nitrogen and oxygen atoms in total. The molecular weight excluding hydrogens is 244 g/mol. The third kappa shape index (κ3) is 10.0. The zero-order valence-electron chi connectivity index (χ0n) is 12.5. The van der Waals surface area contributed by atoms with E-state index in [1.807, 2.05) is 13.8 Å². The average Bonchev–Trinajstić information content (AvgIpc) is 2.33. The number of nitrogens with one attached hydrogen (secondary N) is 1. The first-order valence-corrected chi connectivity index (χ1v) is 9.89. The fourth-order valence-electron chi connectivity index (χ4n) is 2.03. The van der Waals surface area contributed by atoms with Gasteiger partial charge in [-0.1, -0.05) is 6.42 Å². The minimum Gasteiger partial charge on any atom is -0.395 e. The van der Waals surface area contributed by atoms with Crippen LogP contribution < -0.4 is 11.1 Å². The molecule has 0 aliphatic heterocycles. The molecule has 0 radical (unpaired) electrons. The molecule has 0 heterocycles. The van der Waals surface area contributed by atoms with Gasteiger partial charge in [0.2, 0.25) is 0 Å². The summed E-state index contributed by atoms with van der Waals surface area (Å²) in [5, 5.41) is 3.47. The molecule has 0 aromatic carbocycles. The van der Waals surface area contributed by atoms with E-state index in [2.05, 4.69) is 11.9 Å². The molecule has 0 saturated heterocycles. The normalized spacial score (nSPS) is 12.0. The van der Waals surface area contributed by atoms with E-state index in [0.717, 1.165) is 51.7 Å². The summed E-state index contributed by atoms with van der Waals surface area (Å²) in [5.41, 5.74) is 5.45. The highest BCUT2D eigenvalue weighted by molar-refractivity contribution is 6.66. The quantitative estimate of drug-likeness (QED) is 0.400. The maximum Gasteiger partial charge on any atom is 0.334 e. The highest BCUT2D eigenvalue weighted by Gasteiger charge is 2.29.